The summed E-state index contributed by atoms with van der Waals surface area (Å²) in [5, 5.41) is -0.764. The van der Waals surface area contributed by atoms with Gasteiger partial charge in [0.05, 0.1) is 0 Å². The molecule has 0 radical (unpaired) electrons. The van der Waals surface area contributed by atoms with Crippen molar-refractivity contribution in [1.82, 2.24) is 0 Å². The van der Waals surface area contributed by atoms with Gasteiger partial charge in [-0.05, 0) is 35.0 Å². The Kier molecular flexibility index (Phi) is 4.60. The van der Waals surface area contributed by atoms with E-state index in [1.54, 1.807) is 13.8 Å². The van der Waals surface area contributed by atoms with Gasteiger partial charge in [0.15, 0.2) is 0 Å². The van der Waals surface area contributed by atoms with E-state index in [0.717, 1.165) is 0 Å². The van der Waals surface area contributed by atoms with E-state index in [9.17, 15) is 9.59 Å². The van der Waals surface area contributed by atoms with E-state index in [1.165, 1.54) is 0 Å². The van der Waals surface area contributed by atoms with E-state index in [2.05, 4.69) is 0 Å². The molecule has 14 heavy (non-hydrogen) atoms. The normalized spacial score (nSPS) is 12.7. The quantitative estimate of drug-likeness (QED) is 0.689. The molecule has 0 aromatic rings. The summed E-state index contributed by atoms with van der Waals surface area (Å²) < 4.78 is 0. The second-order valence-corrected chi connectivity index (χ2v) is 5.40. The van der Waals surface area contributed by atoms with Crippen LogP contribution in [-0.2, 0) is 9.59 Å². The molecule has 0 atom stereocenters. The lowest BCUT2D eigenvalue weighted by atomic mass is 9.66. The standard InChI is InChI=1S/C10H16Cl2O2/c1-9(2,6-5-7(11)13)10(3,4)8(12)14/h5-6H2,1-4H3. The number of hydrogen-bond acceptors (Lipinski definition) is 2. The minimum atomic E-state index is -0.652. The first-order valence-electron chi connectivity index (χ1n) is 4.49. The molecule has 0 aliphatic rings. The lowest BCUT2D eigenvalue weighted by Crippen LogP contribution is -2.37. The van der Waals surface area contributed by atoms with E-state index in [0.29, 0.717) is 6.42 Å². The summed E-state index contributed by atoms with van der Waals surface area (Å²) in [6.07, 6.45) is 0.822. The highest BCUT2D eigenvalue weighted by Gasteiger charge is 2.41. The Morgan fingerprint density at radius 2 is 1.50 bits per heavy atom. The van der Waals surface area contributed by atoms with Crippen molar-refractivity contribution in [3.63, 3.8) is 0 Å². The van der Waals surface area contributed by atoms with Crippen molar-refractivity contribution in [1.29, 1.82) is 0 Å². The average Bonchev–Trinajstić information content (AvgIpc) is 2.00. The summed E-state index contributed by atoms with van der Waals surface area (Å²) in [5.74, 6) is 0. The third-order valence-electron chi connectivity index (χ3n) is 3.13. The van der Waals surface area contributed by atoms with Crippen LogP contribution in [0.15, 0.2) is 0 Å². The largest absolute Gasteiger partial charge is 0.281 e. The minimum absolute atomic E-state index is 0.266. The molecule has 0 saturated carbocycles. The van der Waals surface area contributed by atoms with Crippen LogP contribution in [0, 0.1) is 10.8 Å². The highest BCUT2D eigenvalue weighted by atomic mass is 35.5. The summed E-state index contributed by atoms with van der Waals surface area (Å²) in [5.41, 5.74) is -0.989. The van der Waals surface area contributed by atoms with E-state index in [1.807, 2.05) is 13.8 Å². The molecular weight excluding hydrogens is 223 g/mol. The Morgan fingerprint density at radius 1 is 1.07 bits per heavy atom. The van der Waals surface area contributed by atoms with E-state index in [4.69, 9.17) is 23.2 Å². The maximum atomic E-state index is 11.2. The lowest BCUT2D eigenvalue weighted by Gasteiger charge is -2.38. The van der Waals surface area contributed by atoms with Gasteiger partial charge in [0.2, 0.25) is 10.5 Å². The van der Waals surface area contributed by atoms with E-state index < -0.39 is 5.41 Å². The van der Waals surface area contributed by atoms with Crippen LogP contribution < -0.4 is 0 Å². The van der Waals surface area contributed by atoms with Crippen LogP contribution in [0.2, 0.25) is 0 Å². The van der Waals surface area contributed by atoms with Crippen molar-refractivity contribution in [2.45, 2.75) is 40.5 Å². The van der Waals surface area contributed by atoms with Gasteiger partial charge in [-0.25, -0.2) is 0 Å². The summed E-state index contributed by atoms with van der Waals surface area (Å²) in [4.78, 5) is 21.8. The van der Waals surface area contributed by atoms with Gasteiger partial charge in [0.25, 0.3) is 0 Å². The molecule has 0 fully saturated rings. The number of carbonyl (C=O) groups excluding carboxylic acids is 2. The summed E-state index contributed by atoms with van der Waals surface area (Å²) in [6.45, 7) is 7.38. The smallest absolute Gasteiger partial charge is 0.227 e. The zero-order chi connectivity index (χ0) is 11.6. The molecule has 0 aliphatic carbocycles. The first-order chi connectivity index (χ1) is 6.11. The van der Waals surface area contributed by atoms with Crippen LogP contribution in [0.5, 0.6) is 0 Å². The Balaban J connectivity index is 4.59. The number of hydrogen-bond donors (Lipinski definition) is 0. The first kappa shape index (κ1) is 13.9. The number of halogens is 2. The van der Waals surface area contributed by atoms with Crippen LogP contribution in [0.1, 0.15) is 40.5 Å². The molecule has 4 heteroatoms. The molecule has 0 saturated heterocycles. The first-order valence-corrected chi connectivity index (χ1v) is 5.25. The molecule has 0 spiro atoms. The molecule has 0 aliphatic heterocycles. The third kappa shape index (κ3) is 3.25. The Morgan fingerprint density at radius 3 is 1.79 bits per heavy atom. The molecule has 0 amide bonds. The maximum absolute atomic E-state index is 11.2. The number of carbonyl (C=O) groups is 2. The monoisotopic (exact) mass is 238 g/mol. The van der Waals surface area contributed by atoms with Gasteiger partial charge < -0.3 is 0 Å². The molecule has 2 nitrogen and oxygen atoms in total. The Labute approximate surface area is 95.0 Å². The summed E-state index contributed by atoms with van der Waals surface area (Å²) in [6, 6.07) is 0. The SMILES string of the molecule is CC(C)(CCC(=O)Cl)C(C)(C)C(=O)Cl. The molecule has 0 rings (SSSR count). The summed E-state index contributed by atoms with van der Waals surface area (Å²) >= 11 is 10.8. The third-order valence-corrected chi connectivity index (χ3v) is 3.79. The van der Waals surface area contributed by atoms with Gasteiger partial charge in [-0.3, -0.25) is 9.59 Å². The van der Waals surface area contributed by atoms with Crippen molar-refractivity contribution in [3.05, 3.63) is 0 Å². The predicted octanol–water partition coefficient (Wildman–Crippen LogP) is 3.35. The Hall–Kier alpha value is -0.0800. The predicted molar refractivity (Wildman–Crippen MR) is 58.5 cm³/mol. The van der Waals surface area contributed by atoms with Crippen LogP contribution in [0.4, 0.5) is 0 Å². The topological polar surface area (TPSA) is 34.1 Å². The average molecular weight is 239 g/mol. The zero-order valence-electron chi connectivity index (χ0n) is 8.99. The molecule has 0 aromatic carbocycles. The van der Waals surface area contributed by atoms with Crippen molar-refractivity contribution in [3.8, 4) is 0 Å². The van der Waals surface area contributed by atoms with Crippen LogP contribution in [-0.4, -0.2) is 10.5 Å². The van der Waals surface area contributed by atoms with Gasteiger partial charge in [0, 0.05) is 11.8 Å². The second-order valence-electron chi connectivity index (χ2n) is 4.64. The summed E-state index contributed by atoms with van der Waals surface area (Å²) in [7, 11) is 0. The fraction of sp³-hybridized carbons (Fsp3) is 0.800. The number of rotatable bonds is 5. The molecule has 0 heterocycles. The second kappa shape index (κ2) is 4.63. The van der Waals surface area contributed by atoms with Crippen LogP contribution >= 0.6 is 23.2 Å². The highest BCUT2D eigenvalue weighted by Crippen LogP contribution is 2.43. The Bertz CT molecular complexity index is 245. The molecule has 0 aromatic heterocycles. The lowest BCUT2D eigenvalue weighted by molar-refractivity contribution is -0.125. The molecule has 82 valence electrons. The van der Waals surface area contributed by atoms with Crippen molar-refractivity contribution in [2.75, 3.05) is 0 Å². The van der Waals surface area contributed by atoms with Gasteiger partial charge in [-0.2, -0.15) is 0 Å². The molecule has 0 N–H and O–H groups in total. The van der Waals surface area contributed by atoms with Gasteiger partial charge in [-0.15, -0.1) is 0 Å². The van der Waals surface area contributed by atoms with E-state index in [-0.39, 0.29) is 22.3 Å². The fourth-order valence-corrected chi connectivity index (χ4v) is 1.34. The van der Waals surface area contributed by atoms with Crippen molar-refractivity contribution >= 4 is 33.7 Å². The highest BCUT2D eigenvalue weighted by molar-refractivity contribution is 6.64. The van der Waals surface area contributed by atoms with Crippen molar-refractivity contribution in [2.24, 2.45) is 10.8 Å². The van der Waals surface area contributed by atoms with E-state index >= 15 is 0 Å². The van der Waals surface area contributed by atoms with Crippen molar-refractivity contribution < 1.29 is 9.59 Å². The molecular formula is C10H16Cl2O2. The zero-order valence-corrected chi connectivity index (χ0v) is 10.5. The molecule has 0 bridgehead atoms. The minimum Gasteiger partial charge on any atom is -0.281 e. The van der Waals surface area contributed by atoms with Gasteiger partial charge in [-0.1, -0.05) is 27.7 Å². The van der Waals surface area contributed by atoms with Crippen LogP contribution in [0.25, 0.3) is 0 Å². The van der Waals surface area contributed by atoms with Crippen LogP contribution in [0.3, 0.4) is 0 Å². The maximum Gasteiger partial charge on any atom is 0.227 e. The van der Waals surface area contributed by atoms with Gasteiger partial charge >= 0.3 is 0 Å². The molecule has 0 unspecified atom stereocenters. The van der Waals surface area contributed by atoms with Gasteiger partial charge in [0.1, 0.15) is 0 Å². The fourth-order valence-electron chi connectivity index (χ4n) is 0.989.